The molecule has 0 radical (unpaired) electrons. The predicted molar refractivity (Wildman–Crippen MR) is 73.0 cm³/mol. The lowest BCUT2D eigenvalue weighted by molar-refractivity contribution is -0.0500. The maximum atomic E-state index is 12.3. The van der Waals surface area contributed by atoms with E-state index in [4.69, 9.17) is 0 Å². The van der Waals surface area contributed by atoms with Crippen LogP contribution in [0.4, 0.5) is 8.78 Å². The highest BCUT2D eigenvalue weighted by Gasteiger charge is 2.08. The smallest absolute Gasteiger partial charge is 0.387 e. The minimum Gasteiger partial charge on any atom is -0.434 e. The number of ether oxygens (including phenoxy) is 1. The molecule has 0 unspecified atom stereocenters. The van der Waals surface area contributed by atoms with Gasteiger partial charge in [-0.3, -0.25) is 0 Å². The first-order chi connectivity index (χ1) is 8.52. The Kier molecular flexibility index (Phi) is 6.29. The topological polar surface area (TPSA) is 21.3 Å². The van der Waals surface area contributed by atoms with Gasteiger partial charge >= 0.3 is 6.61 Å². The van der Waals surface area contributed by atoms with E-state index in [0.29, 0.717) is 5.56 Å². The number of rotatable bonds is 6. The van der Waals surface area contributed by atoms with Crippen molar-refractivity contribution in [2.24, 2.45) is 0 Å². The fourth-order valence-electron chi connectivity index (χ4n) is 1.47. The molecule has 0 bridgehead atoms. The Hall–Kier alpha value is -0.940. The Morgan fingerprint density at radius 2 is 2.22 bits per heavy atom. The van der Waals surface area contributed by atoms with Crippen molar-refractivity contribution in [1.82, 2.24) is 5.32 Å². The van der Waals surface area contributed by atoms with E-state index >= 15 is 0 Å². The summed E-state index contributed by atoms with van der Waals surface area (Å²) in [5, 5.41) is 3.17. The first kappa shape index (κ1) is 15.1. The fourth-order valence-corrected chi connectivity index (χ4v) is 1.85. The van der Waals surface area contributed by atoms with Gasteiger partial charge in [0.1, 0.15) is 5.75 Å². The van der Waals surface area contributed by atoms with Crippen LogP contribution in [0.25, 0.3) is 6.08 Å². The summed E-state index contributed by atoms with van der Waals surface area (Å²) >= 11 is 3.32. The summed E-state index contributed by atoms with van der Waals surface area (Å²) in [6.45, 7) is 2.72. The van der Waals surface area contributed by atoms with Crippen molar-refractivity contribution in [3.63, 3.8) is 0 Å². The molecule has 0 amide bonds. The third kappa shape index (κ3) is 5.14. The Morgan fingerprint density at radius 1 is 1.50 bits per heavy atom. The molecule has 1 aromatic rings. The second kappa shape index (κ2) is 7.48. The Labute approximate surface area is 114 Å². The molecule has 2 nitrogen and oxygen atoms in total. The van der Waals surface area contributed by atoms with E-state index in [-0.39, 0.29) is 5.75 Å². The summed E-state index contributed by atoms with van der Waals surface area (Å²) in [5.74, 6) is 0.184. The van der Waals surface area contributed by atoms with Gasteiger partial charge in [-0.15, -0.1) is 0 Å². The van der Waals surface area contributed by atoms with Crippen LogP contribution in [0.2, 0.25) is 0 Å². The molecule has 5 heteroatoms. The number of nitrogens with one attached hydrogen (secondary N) is 1. The van der Waals surface area contributed by atoms with Gasteiger partial charge in [-0.05, 0) is 31.7 Å². The van der Waals surface area contributed by atoms with Crippen LogP contribution >= 0.6 is 15.9 Å². The Morgan fingerprint density at radius 3 is 2.83 bits per heavy atom. The zero-order chi connectivity index (χ0) is 13.5. The van der Waals surface area contributed by atoms with Crippen LogP contribution in [0.3, 0.4) is 0 Å². The SMILES string of the molecule is CCNCC(C)=Cc1cc(Br)ccc1OC(F)F. The van der Waals surface area contributed by atoms with E-state index in [0.717, 1.165) is 23.1 Å². The summed E-state index contributed by atoms with van der Waals surface area (Å²) in [4.78, 5) is 0. The van der Waals surface area contributed by atoms with E-state index < -0.39 is 6.61 Å². The summed E-state index contributed by atoms with van der Waals surface area (Å²) in [6, 6.07) is 4.96. The summed E-state index contributed by atoms with van der Waals surface area (Å²) in [5.41, 5.74) is 1.69. The first-order valence-electron chi connectivity index (χ1n) is 5.65. The van der Waals surface area contributed by atoms with Crippen molar-refractivity contribution < 1.29 is 13.5 Å². The van der Waals surface area contributed by atoms with Gasteiger partial charge in [-0.25, -0.2) is 0 Å². The van der Waals surface area contributed by atoms with Crippen LogP contribution in [0.5, 0.6) is 5.75 Å². The van der Waals surface area contributed by atoms with Crippen LogP contribution in [0, 0.1) is 0 Å². The molecule has 0 saturated carbocycles. The van der Waals surface area contributed by atoms with Gasteiger partial charge in [0.15, 0.2) is 0 Å². The molecule has 0 atom stereocenters. The standard InChI is InChI=1S/C13H16BrF2NO/c1-3-17-8-9(2)6-10-7-11(14)4-5-12(10)18-13(15)16/h4-7,13,17H,3,8H2,1-2H3. The highest BCUT2D eigenvalue weighted by atomic mass is 79.9. The van der Waals surface area contributed by atoms with Gasteiger partial charge in [-0.2, -0.15) is 8.78 Å². The lowest BCUT2D eigenvalue weighted by Crippen LogP contribution is -2.14. The molecule has 0 aliphatic heterocycles. The average Bonchev–Trinajstić information content (AvgIpc) is 2.29. The van der Waals surface area contributed by atoms with Crippen LogP contribution in [0.15, 0.2) is 28.2 Å². The van der Waals surface area contributed by atoms with E-state index in [2.05, 4.69) is 26.0 Å². The number of benzene rings is 1. The van der Waals surface area contributed by atoms with Crippen molar-refractivity contribution in [2.75, 3.05) is 13.1 Å². The van der Waals surface area contributed by atoms with Gasteiger partial charge < -0.3 is 10.1 Å². The quantitative estimate of drug-likeness (QED) is 0.853. The van der Waals surface area contributed by atoms with Gasteiger partial charge in [0.2, 0.25) is 0 Å². The molecule has 1 rings (SSSR count). The van der Waals surface area contributed by atoms with E-state index in [9.17, 15) is 8.78 Å². The maximum absolute atomic E-state index is 12.3. The predicted octanol–water partition coefficient (Wildman–Crippen LogP) is 4.06. The van der Waals surface area contributed by atoms with Crippen molar-refractivity contribution in [1.29, 1.82) is 0 Å². The molecule has 0 spiro atoms. The van der Waals surface area contributed by atoms with E-state index in [1.54, 1.807) is 12.1 Å². The minimum atomic E-state index is -2.81. The average molecular weight is 320 g/mol. The van der Waals surface area contributed by atoms with Crippen LogP contribution in [-0.4, -0.2) is 19.7 Å². The number of hydrogen-bond acceptors (Lipinski definition) is 2. The Balaban J connectivity index is 2.94. The van der Waals surface area contributed by atoms with Gasteiger partial charge in [0.05, 0.1) is 0 Å². The van der Waals surface area contributed by atoms with Crippen molar-refractivity contribution in [3.05, 3.63) is 33.8 Å². The minimum absolute atomic E-state index is 0.184. The summed E-state index contributed by atoms with van der Waals surface area (Å²) < 4.78 is 29.9. The molecule has 0 saturated heterocycles. The monoisotopic (exact) mass is 319 g/mol. The second-order valence-corrected chi connectivity index (χ2v) is 4.75. The van der Waals surface area contributed by atoms with Crippen molar-refractivity contribution in [2.45, 2.75) is 20.5 Å². The second-order valence-electron chi connectivity index (χ2n) is 3.83. The molecule has 0 heterocycles. The molecule has 100 valence electrons. The molecule has 0 aromatic heterocycles. The number of likely N-dealkylation sites (N-methyl/N-ethyl adjacent to an activating group) is 1. The molecular weight excluding hydrogens is 304 g/mol. The maximum Gasteiger partial charge on any atom is 0.387 e. The van der Waals surface area contributed by atoms with E-state index in [1.165, 1.54) is 6.07 Å². The van der Waals surface area contributed by atoms with Gasteiger partial charge in [0, 0.05) is 16.6 Å². The third-order valence-electron chi connectivity index (χ3n) is 2.24. The highest BCUT2D eigenvalue weighted by Crippen LogP contribution is 2.26. The van der Waals surface area contributed by atoms with Crippen LogP contribution < -0.4 is 10.1 Å². The fraction of sp³-hybridized carbons (Fsp3) is 0.385. The lowest BCUT2D eigenvalue weighted by atomic mass is 10.1. The number of halogens is 3. The molecule has 1 N–H and O–H groups in total. The van der Waals surface area contributed by atoms with Crippen LogP contribution in [0.1, 0.15) is 19.4 Å². The Bertz CT molecular complexity index is 421. The summed E-state index contributed by atoms with van der Waals surface area (Å²) in [6.07, 6.45) is 1.84. The highest BCUT2D eigenvalue weighted by molar-refractivity contribution is 9.10. The lowest BCUT2D eigenvalue weighted by Gasteiger charge is -2.10. The molecule has 1 aromatic carbocycles. The molecular formula is C13H16BrF2NO. The molecule has 18 heavy (non-hydrogen) atoms. The first-order valence-corrected chi connectivity index (χ1v) is 6.44. The summed E-state index contributed by atoms with van der Waals surface area (Å²) in [7, 11) is 0. The van der Waals surface area contributed by atoms with Crippen molar-refractivity contribution >= 4 is 22.0 Å². The molecule has 0 aliphatic rings. The van der Waals surface area contributed by atoms with Crippen LogP contribution in [-0.2, 0) is 0 Å². The van der Waals surface area contributed by atoms with E-state index in [1.807, 2.05) is 19.9 Å². The molecule has 0 aliphatic carbocycles. The van der Waals surface area contributed by atoms with Gasteiger partial charge in [0.25, 0.3) is 0 Å². The zero-order valence-corrected chi connectivity index (χ0v) is 11.9. The molecule has 0 fully saturated rings. The van der Waals surface area contributed by atoms with Gasteiger partial charge in [-0.1, -0.05) is 34.5 Å². The normalized spacial score (nSPS) is 12.0. The largest absolute Gasteiger partial charge is 0.434 e. The number of alkyl halides is 2. The number of hydrogen-bond donors (Lipinski definition) is 1. The van der Waals surface area contributed by atoms with Crippen molar-refractivity contribution in [3.8, 4) is 5.75 Å². The third-order valence-corrected chi connectivity index (χ3v) is 2.74. The zero-order valence-electron chi connectivity index (χ0n) is 10.3.